The SMILES string of the molecule is CCCNC(C)c1nnnn1CCc1cccc(F)c1. The maximum atomic E-state index is 13.1. The Hall–Kier alpha value is -1.82. The van der Waals surface area contributed by atoms with E-state index in [-0.39, 0.29) is 11.9 Å². The Kier molecular flexibility index (Phi) is 5.17. The average molecular weight is 277 g/mol. The topological polar surface area (TPSA) is 55.6 Å². The van der Waals surface area contributed by atoms with Crippen LogP contribution in [-0.4, -0.2) is 26.8 Å². The van der Waals surface area contributed by atoms with Crippen molar-refractivity contribution in [2.75, 3.05) is 6.54 Å². The smallest absolute Gasteiger partial charge is 0.167 e. The van der Waals surface area contributed by atoms with Crippen LogP contribution in [0.4, 0.5) is 4.39 Å². The van der Waals surface area contributed by atoms with Crippen molar-refractivity contribution in [3.05, 3.63) is 41.5 Å². The Morgan fingerprint density at radius 3 is 3.00 bits per heavy atom. The van der Waals surface area contributed by atoms with E-state index < -0.39 is 0 Å². The number of tetrazole rings is 1. The van der Waals surface area contributed by atoms with E-state index >= 15 is 0 Å². The van der Waals surface area contributed by atoms with Gasteiger partial charge in [-0.05, 0) is 54.4 Å². The van der Waals surface area contributed by atoms with Gasteiger partial charge < -0.3 is 5.32 Å². The van der Waals surface area contributed by atoms with Crippen molar-refractivity contribution in [2.24, 2.45) is 0 Å². The maximum Gasteiger partial charge on any atom is 0.167 e. The molecule has 0 spiro atoms. The highest BCUT2D eigenvalue weighted by Crippen LogP contribution is 2.10. The van der Waals surface area contributed by atoms with E-state index in [2.05, 4.69) is 27.8 Å². The number of benzene rings is 1. The summed E-state index contributed by atoms with van der Waals surface area (Å²) >= 11 is 0. The molecule has 0 amide bonds. The summed E-state index contributed by atoms with van der Waals surface area (Å²) in [6.45, 7) is 5.73. The van der Waals surface area contributed by atoms with Gasteiger partial charge >= 0.3 is 0 Å². The van der Waals surface area contributed by atoms with Gasteiger partial charge in [0.1, 0.15) is 5.82 Å². The third-order valence-electron chi connectivity index (χ3n) is 3.15. The van der Waals surface area contributed by atoms with Crippen LogP contribution in [0.15, 0.2) is 24.3 Å². The number of nitrogens with zero attached hydrogens (tertiary/aromatic N) is 4. The van der Waals surface area contributed by atoms with Crippen molar-refractivity contribution in [1.29, 1.82) is 0 Å². The summed E-state index contributed by atoms with van der Waals surface area (Å²) in [5.41, 5.74) is 0.945. The van der Waals surface area contributed by atoms with Gasteiger partial charge in [-0.3, -0.25) is 0 Å². The molecule has 1 aromatic heterocycles. The van der Waals surface area contributed by atoms with Crippen molar-refractivity contribution in [2.45, 2.75) is 39.3 Å². The van der Waals surface area contributed by atoms with Gasteiger partial charge in [-0.15, -0.1) is 5.10 Å². The van der Waals surface area contributed by atoms with Crippen LogP contribution in [0.3, 0.4) is 0 Å². The molecule has 2 aromatic rings. The van der Waals surface area contributed by atoms with Crippen molar-refractivity contribution >= 4 is 0 Å². The van der Waals surface area contributed by atoms with Crippen LogP contribution in [0.2, 0.25) is 0 Å². The molecular formula is C14H20FN5. The van der Waals surface area contributed by atoms with E-state index in [1.54, 1.807) is 16.8 Å². The van der Waals surface area contributed by atoms with Crippen molar-refractivity contribution < 1.29 is 4.39 Å². The van der Waals surface area contributed by atoms with Gasteiger partial charge in [-0.1, -0.05) is 19.1 Å². The number of hydrogen-bond acceptors (Lipinski definition) is 4. The van der Waals surface area contributed by atoms with Gasteiger partial charge in [0, 0.05) is 6.54 Å². The second kappa shape index (κ2) is 7.09. The van der Waals surface area contributed by atoms with Crippen molar-refractivity contribution in [1.82, 2.24) is 25.5 Å². The summed E-state index contributed by atoms with van der Waals surface area (Å²) in [4.78, 5) is 0. The Morgan fingerprint density at radius 2 is 2.25 bits per heavy atom. The van der Waals surface area contributed by atoms with Crippen LogP contribution in [0.5, 0.6) is 0 Å². The standard InChI is InChI=1S/C14H20FN5/c1-3-8-16-11(2)14-17-18-19-20(14)9-7-12-5-4-6-13(15)10-12/h4-6,10-11,16H,3,7-9H2,1-2H3. The maximum absolute atomic E-state index is 13.1. The summed E-state index contributed by atoms with van der Waals surface area (Å²) in [6, 6.07) is 6.73. The molecule has 1 heterocycles. The number of aromatic nitrogens is 4. The highest BCUT2D eigenvalue weighted by molar-refractivity contribution is 5.16. The number of aryl methyl sites for hydroxylation is 2. The number of hydrogen-bond donors (Lipinski definition) is 1. The molecule has 1 aromatic carbocycles. The lowest BCUT2D eigenvalue weighted by Crippen LogP contribution is -2.23. The van der Waals surface area contributed by atoms with Gasteiger partial charge in [0.15, 0.2) is 5.82 Å². The molecule has 0 radical (unpaired) electrons. The lowest BCUT2D eigenvalue weighted by molar-refractivity contribution is 0.486. The van der Waals surface area contributed by atoms with E-state index in [0.717, 1.165) is 24.4 Å². The normalized spacial score (nSPS) is 12.6. The largest absolute Gasteiger partial charge is 0.307 e. The first kappa shape index (κ1) is 14.6. The summed E-state index contributed by atoms with van der Waals surface area (Å²) < 4.78 is 14.9. The fourth-order valence-electron chi connectivity index (χ4n) is 2.06. The van der Waals surface area contributed by atoms with Gasteiger partial charge in [0.25, 0.3) is 0 Å². The summed E-state index contributed by atoms with van der Waals surface area (Å²) in [7, 11) is 0. The minimum atomic E-state index is -0.211. The molecule has 1 atom stereocenters. The molecule has 0 saturated heterocycles. The molecule has 0 saturated carbocycles. The Morgan fingerprint density at radius 1 is 1.40 bits per heavy atom. The monoisotopic (exact) mass is 277 g/mol. The zero-order valence-electron chi connectivity index (χ0n) is 11.9. The third-order valence-corrected chi connectivity index (χ3v) is 3.15. The van der Waals surface area contributed by atoms with Crippen LogP contribution in [0.1, 0.15) is 37.7 Å². The summed E-state index contributed by atoms with van der Waals surface area (Å²) in [5.74, 6) is 0.604. The molecule has 0 aliphatic carbocycles. The molecule has 2 rings (SSSR count). The molecule has 6 heteroatoms. The minimum absolute atomic E-state index is 0.109. The van der Waals surface area contributed by atoms with Crippen molar-refractivity contribution in [3.63, 3.8) is 0 Å². The zero-order chi connectivity index (χ0) is 14.4. The van der Waals surface area contributed by atoms with Crippen LogP contribution in [0.25, 0.3) is 0 Å². The lowest BCUT2D eigenvalue weighted by Gasteiger charge is -2.12. The molecule has 0 aliphatic rings. The third kappa shape index (κ3) is 3.84. The van der Waals surface area contributed by atoms with Crippen molar-refractivity contribution in [3.8, 4) is 0 Å². The molecule has 5 nitrogen and oxygen atoms in total. The number of nitrogens with one attached hydrogen (secondary N) is 1. The van der Waals surface area contributed by atoms with Gasteiger partial charge in [-0.2, -0.15) is 0 Å². The molecule has 0 bridgehead atoms. The molecular weight excluding hydrogens is 257 g/mol. The first-order chi connectivity index (χ1) is 9.70. The highest BCUT2D eigenvalue weighted by Gasteiger charge is 2.13. The van der Waals surface area contributed by atoms with E-state index in [4.69, 9.17) is 0 Å². The fourth-order valence-corrected chi connectivity index (χ4v) is 2.06. The first-order valence-electron chi connectivity index (χ1n) is 6.94. The van der Waals surface area contributed by atoms with Gasteiger partial charge in [0.2, 0.25) is 0 Å². The molecule has 0 aliphatic heterocycles. The molecule has 108 valence electrons. The summed E-state index contributed by atoms with van der Waals surface area (Å²) in [6.07, 6.45) is 1.77. The van der Waals surface area contributed by atoms with Crippen LogP contribution < -0.4 is 5.32 Å². The van der Waals surface area contributed by atoms with E-state index in [0.29, 0.717) is 13.0 Å². The van der Waals surface area contributed by atoms with E-state index in [9.17, 15) is 4.39 Å². The first-order valence-corrected chi connectivity index (χ1v) is 6.94. The predicted octanol–water partition coefficient (Wildman–Crippen LogP) is 2.12. The highest BCUT2D eigenvalue weighted by atomic mass is 19.1. The quantitative estimate of drug-likeness (QED) is 0.842. The minimum Gasteiger partial charge on any atom is -0.307 e. The fraction of sp³-hybridized carbons (Fsp3) is 0.500. The molecule has 20 heavy (non-hydrogen) atoms. The summed E-state index contributed by atoms with van der Waals surface area (Å²) in [5, 5.41) is 15.2. The van der Waals surface area contributed by atoms with Gasteiger partial charge in [0.05, 0.1) is 6.04 Å². The van der Waals surface area contributed by atoms with E-state index in [1.807, 2.05) is 13.0 Å². The second-order valence-corrected chi connectivity index (χ2v) is 4.82. The Labute approximate surface area is 118 Å². The van der Waals surface area contributed by atoms with Crippen LogP contribution >= 0.6 is 0 Å². The Bertz CT molecular complexity index is 540. The second-order valence-electron chi connectivity index (χ2n) is 4.82. The lowest BCUT2D eigenvalue weighted by atomic mass is 10.1. The number of halogens is 1. The Balaban J connectivity index is 1.98. The molecule has 0 fully saturated rings. The molecule has 1 N–H and O–H groups in total. The van der Waals surface area contributed by atoms with Crippen LogP contribution in [-0.2, 0) is 13.0 Å². The average Bonchev–Trinajstić information content (AvgIpc) is 2.91. The van der Waals surface area contributed by atoms with Gasteiger partial charge in [-0.25, -0.2) is 9.07 Å². The zero-order valence-corrected chi connectivity index (χ0v) is 11.9. The molecule has 1 unspecified atom stereocenters. The van der Waals surface area contributed by atoms with Crippen LogP contribution in [0, 0.1) is 5.82 Å². The predicted molar refractivity (Wildman–Crippen MR) is 74.6 cm³/mol. The van der Waals surface area contributed by atoms with E-state index in [1.165, 1.54) is 6.07 Å². The number of rotatable bonds is 7.